The van der Waals surface area contributed by atoms with Crippen LogP contribution in [0.25, 0.3) is 0 Å². The van der Waals surface area contributed by atoms with Gasteiger partial charge in [-0.05, 0) is 25.4 Å². The van der Waals surface area contributed by atoms with Crippen LogP contribution in [0.2, 0.25) is 0 Å². The summed E-state index contributed by atoms with van der Waals surface area (Å²) in [7, 11) is 4.07. The average Bonchev–Trinajstić information content (AvgIpc) is 2.22. The number of amides is 1. The van der Waals surface area contributed by atoms with Crippen LogP contribution in [0.4, 0.5) is 0 Å². The fourth-order valence-corrected chi connectivity index (χ4v) is 1.87. The van der Waals surface area contributed by atoms with Crippen molar-refractivity contribution in [3.63, 3.8) is 0 Å². The Labute approximate surface area is 118 Å². The molecule has 0 aromatic carbocycles. The zero-order chi connectivity index (χ0) is 13.6. The Hall–Kier alpha value is -0.320. The van der Waals surface area contributed by atoms with Crippen LogP contribution < -0.4 is 11.1 Å². The second-order valence-electron chi connectivity index (χ2n) is 6.03. The van der Waals surface area contributed by atoms with Crippen molar-refractivity contribution in [3.8, 4) is 0 Å². The van der Waals surface area contributed by atoms with Crippen LogP contribution in [0.15, 0.2) is 0 Å². The van der Waals surface area contributed by atoms with Gasteiger partial charge in [-0.1, -0.05) is 34.1 Å². The number of nitrogens with zero attached hydrogens (tertiary/aromatic N) is 1. The molecule has 0 heterocycles. The molecule has 0 rings (SSSR count). The summed E-state index contributed by atoms with van der Waals surface area (Å²) in [6, 6.07) is -0.393. The van der Waals surface area contributed by atoms with E-state index in [4.69, 9.17) is 5.73 Å². The largest absolute Gasteiger partial charge is 0.354 e. The maximum Gasteiger partial charge on any atom is 0.237 e. The minimum Gasteiger partial charge on any atom is -0.354 e. The first-order chi connectivity index (χ1) is 7.69. The molecule has 0 saturated carbocycles. The monoisotopic (exact) mass is 279 g/mol. The zero-order valence-corrected chi connectivity index (χ0v) is 13.4. The van der Waals surface area contributed by atoms with E-state index in [1.165, 1.54) is 0 Å². The lowest BCUT2D eigenvalue weighted by atomic mass is 9.92. The molecule has 0 aliphatic heterocycles. The zero-order valence-electron chi connectivity index (χ0n) is 12.6. The van der Waals surface area contributed by atoms with Gasteiger partial charge in [0.25, 0.3) is 0 Å². The van der Waals surface area contributed by atoms with E-state index in [-0.39, 0.29) is 29.6 Å². The highest BCUT2D eigenvalue weighted by Crippen LogP contribution is 2.14. The Morgan fingerprint density at radius 1 is 1.39 bits per heavy atom. The molecule has 3 N–H and O–H groups in total. The molecule has 5 heteroatoms. The Balaban J connectivity index is 0. The van der Waals surface area contributed by atoms with Crippen LogP contribution in [0, 0.1) is 11.3 Å². The molecule has 0 aliphatic carbocycles. The molecule has 110 valence electrons. The number of carbonyl (C=O) groups is 1. The van der Waals surface area contributed by atoms with Crippen LogP contribution >= 0.6 is 12.4 Å². The first kappa shape index (κ1) is 20.0. The van der Waals surface area contributed by atoms with Gasteiger partial charge in [-0.15, -0.1) is 12.4 Å². The second-order valence-corrected chi connectivity index (χ2v) is 6.03. The Morgan fingerprint density at radius 2 is 1.89 bits per heavy atom. The minimum absolute atomic E-state index is 0. The van der Waals surface area contributed by atoms with E-state index < -0.39 is 6.04 Å². The standard InChI is InChI=1S/C13H29N3O.ClH/c1-7-10(2)11(14)12(17)15-8-13(3,4)9-16(5)6;/h10-11H,7-9,14H2,1-6H3,(H,15,17);1H. The number of nitrogens with one attached hydrogen (secondary N) is 1. The first-order valence-corrected chi connectivity index (χ1v) is 6.37. The fraction of sp³-hybridized carbons (Fsp3) is 0.923. The second kappa shape index (κ2) is 8.73. The average molecular weight is 280 g/mol. The van der Waals surface area contributed by atoms with Gasteiger partial charge in [-0.2, -0.15) is 0 Å². The van der Waals surface area contributed by atoms with Crippen LogP contribution in [-0.4, -0.2) is 44.0 Å². The topological polar surface area (TPSA) is 58.4 Å². The molecule has 2 atom stereocenters. The highest BCUT2D eigenvalue weighted by Gasteiger charge is 2.23. The number of nitrogens with two attached hydrogens (primary N) is 1. The number of hydrogen-bond donors (Lipinski definition) is 2. The van der Waals surface area contributed by atoms with E-state index >= 15 is 0 Å². The third kappa shape index (κ3) is 7.90. The van der Waals surface area contributed by atoms with Crippen molar-refractivity contribution < 1.29 is 4.79 Å². The Kier molecular flexibility index (Phi) is 9.70. The van der Waals surface area contributed by atoms with E-state index in [1.54, 1.807) is 0 Å². The van der Waals surface area contributed by atoms with Gasteiger partial charge in [0.05, 0.1) is 6.04 Å². The van der Waals surface area contributed by atoms with Gasteiger partial charge >= 0.3 is 0 Å². The third-order valence-electron chi connectivity index (χ3n) is 3.05. The summed E-state index contributed by atoms with van der Waals surface area (Å²) in [5.41, 5.74) is 5.94. The molecule has 0 fully saturated rings. The predicted octanol–water partition coefficient (Wildman–Crippen LogP) is 1.49. The van der Waals surface area contributed by atoms with Gasteiger partial charge in [0.2, 0.25) is 5.91 Å². The summed E-state index contributed by atoms with van der Waals surface area (Å²) in [5, 5.41) is 2.95. The fourth-order valence-electron chi connectivity index (χ4n) is 1.87. The molecule has 0 radical (unpaired) electrons. The first-order valence-electron chi connectivity index (χ1n) is 6.37. The van der Waals surface area contributed by atoms with Crippen molar-refractivity contribution >= 4 is 18.3 Å². The lowest BCUT2D eigenvalue weighted by molar-refractivity contribution is -0.123. The van der Waals surface area contributed by atoms with E-state index in [0.29, 0.717) is 6.54 Å². The van der Waals surface area contributed by atoms with Crippen LogP contribution in [-0.2, 0) is 4.79 Å². The number of hydrogen-bond acceptors (Lipinski definition) is 3. The lowest BCUT2D eigenvalue weighted by Crippen LogP contribution is -2.48. The summed E-state index contributed by atoms with van der Waals surface area (Å²) in [5.74, 6) is 0.193. The maximum atomic E-state index is 11.8. The Bertz CT molecular complexity index is 244. The molecule has 0 aliphatic rings. The van der Waals surface area contributed by atoms with Crippen LogP contribution in [0.5, 0.6) is 0 Å². The maximum absolute atomic E-state index is 11.8. The number of halogens is 1. The van der Waals surface area contributed by atoms with Gasteiger partial charge in [0, 0.05) is 13.1 Å². The predicted molar refractivity (Wildman–Crippen MR) is 80.0 cm³/mol. The minimum atomic E-state index is -0.393. The summed E-state index contributed by atoms with van der Waals surface area (Å²) in [6.45, 7) is 9.94. The van der Waals surface area contributed by atoms with Crippen molar-refractivity contribution in [2.75, 3.05) is 27.2 Å². The summed E-state index contributed by atoms with van der Waals surface area (Å²) in [4.78, 5) is 14.0. The highest BCUT2D eigenvalue weighted by atomic mass is 35.5. The highest BCUT2D eigenvalue weighted by molar-refractivity contribution is 5.85. The third-order valence-corrected chi connectivity index (χ3v) is 3.05. The molecule has 18 heavy (non-hydrogen) atoms. The van der Waals surface area contributed by atoms with E-state index in [1.807, 2.05) is 27.9 Å². The molecule has 0 aromatic rings. The summed E-state index contributed by atoms with van der Waals surface area (Å²) in [6.07, 6.45) is 0.926. The van der Waals surface area contributed by atoms with Gasteiger partial charge in [0.15, 0.2) is 0 Å². The van der Waals surface area contributed by atoms with Gasteiger partial charge in [-0.3, -0.25) is 4.79 Å². The number of carbonyl (C=O) groups excluding carboxylic acids is 1. The molecule has 0 spiro atoms. The van der Waals surface area contributed by atoms with E-state index in [0.717, 1.165) is 13.0 Å². The van der Waals surface area contributed by atoms with Crippen molar-refractivity contribution in [1.82, 2.24) is 10.2 Å². The van der Waals surface area contributed by atoms with Crippen molar-refractivity contribution in [2.24, 2.45) is 17.1 Å². The Morgan fingerprint density at radius 3 is 2.28 bits per heavy atom. The van der Waals surface area contributed by atoms with Crippen molar-refractivity contribution in [1.29, 1.82) is 0 Å². The smallest absolute Gasteiger partial charge is 0.237 e. The van der Waals surface area contributed by atoms with Crippen molar-refractivity contribution in [3.05, 3.63) is 0 Å². The van der Waals surface area contributed by atoms with E-state index in [9.17, 15) is 4.79 Å². The van der Waals surface area contributed by atoms with Crippen molar-refractivity contribution in [2.45, 2.75) is 40.2 Å². The molecule has 4 nitrogen and oxygen atoms in total. The SMILES string of the molecule is CCC(C)C(N)C(=O)NCC(C)(C)CN(C)C.Cl. The van der Waals surface area contributed by atoms with Gasteiger partial charge in [-0.25, -0.2) is 0 Å². The molecule has 1 amide bonds. The molecule has 0 saturated heterocycles. The summed E-state index contributed by atoms with van der Waals surface area (Å²) < 4.78 is 0. The van der Waals surface area contributed by atoms with Gasteiger partial charge < -0.3 is 16.0 Å². The molecular formula is C13H30ClN3O. The summed E-state index contributed by atoms with van der Waals surface area (Å²) >= 11 is 0. The molecule has 0 aromatic heterocycles. The quantitative estimate of drug-likeness (QED) is 0.742. The lowest BCUT2D eigenvalue weighted by Gasteiger charge is -2.29. The normalized spacial score (nSPS) is 14.9. The molecular weight excluding hydrogens is 250 g/mol. The van der Waals surface area contributed by atoms with Gasteiger partial charge in [0.1, 0.15) is 0 Å². The van der Waals surface area contributed by atoms with Crippen LogP contribution in [0.1, 0.15) is 34.1 Å². The molecule has 0 bridgehead atoms. The van der Waals surface area contributed by atoms with E-state index in [2.05, 4.69) is 24.1 Å². The molecule has 2 unspecified atom stereocenters. The van der Waals surface area contributed by atoms with Crippen LogP contribution in [0.3, 0.4) is 0 Å². The number of rotatable bonds is 7.